The number of carbonyl (C=O) groups excluding carboxylic acids is 1. The Morgan fingerprint density at radius 3 is 2.48 bits per heavy atom. The summed E-state index contributed by atoms with van der Waals surface area (Å²) in [6, 6.07) is 13.4. The Morgan fingerprint density at radius 1 is 1.07 bits per heavy atom. The molecule has 1 N–H and O–H groups in total. The average molecular weight is 440 g/mol. The number of benzene rings is 2. The molecule has 156 valence electrons. The summed E-state index contributed by atoms with van der Waals surface area (Å²) in [7, 11) is -3.83. The van der Waals surface area contributed by atoms with Crippen molar-refractivity contribution in [3.63, 3.8) is 0 Å². The highest BCUT2D eigenvalue weighted by Crippen LogP contribution is 2.20. The van der Waals surface area contributed by atoms with E-state index in [1.54, 1.807) is 30.3 Å². The van der Waals surface area contributed by atoms with Crippen LogP contribution >= 0.6 is 11.6 Å². The number of halogens is 2. The highest BCUT2D eigenvalue weighted by atomic mass is 35.5. The van der Waals surface area contributed by atoms with Gasteiger partial charge in [-0.2, -0.15) is 17.0 Å². The second-order valence-corrected chi connectivity index (χ2v) is 9.21. The molecule has 0 spiro atoms. The molecule has 0 radical (unpaired) electrons. The SMILES string of the molecule is O=C(CN1CCCN(Cc2ccccc2F)S1(=O)=O)NCCc1ccc(Cl)cc1. The van der Waals surface area contributed by atoms with E-state index < -0.39 is 16.0 Å². The first-order valence-electron chi connectivity index (χ1n) is 9.36. The number of nitrogens with one attached hydrogen (secondary N) is 1. The van der Waals surface area contributed by atoms with Gasteiger partial charge in [0.25, 0.3) is 10.2 Å². The van der Waals surface area contributed by atoms with Gasteiger partial charge >= 0.3 is 0 Å². The molecule has 0 aromatic heterocycles. The zero-order valence-electron chi connectivity index (χ0n) is 15.9. The molecule has 1 aliphatic heterocycles. The summed E-state index contributed by atoms with van der Waals surface area (Å²) in [5, 5.41) is 3.39. The van der Waals surface area contributed by atoms with E-state index in [4.69, 9.17) is 11.6 Å². The standard InChI is InChI=1S/C20H23ClFN3O3S/c21-18-8-6-16(7-9-18)10-11-23-20(26)15-25-13-3-12-24(29(25,27)28)14-17-4-1-2-5-19(17)22/h1-2,4-9H,3,10-15H2,(H,23,26). The summed E-state index contributed by atoms with van der Waals surface area (Å²) in [5.41, 5.74) is 1.33. The fourth-order valence-corrected chi connectivity index (χ4v) is 4.92. The van der Waals surface area contributed by atoms with Crippen molar-refractivity contribution in [1.29, 1.82) is 0 Å². The number of rotatable bonds is 7. The topological polar surface area (TPSA) is 69.7 Å². The number of hydrogen-bond acceptors (Lipinski definition) is 3. The third kappa shape index (κ3) is 5.76. The van der Waals surface area contributed by atoms with Crippen LogP contribution in [0.1, 0.15) is 17.5 Å². The summed E-state index contributed by atoms with van der Waals surface area (Å²) in [4.78, 5) is 12.2. The summed E-state index contributed by atoms with van der Waals surface area (Å²) in [6.07, 6.45) is 1.20. The zero-order valence-corrected chi connectivity index (χ0v) is 17.4. The second-order valence-electron chi connectivity index (χ2n) is 6.85. The first kappa shape index (κ1) is 21.7. The molecule has 0 saturated carbocycles. The van der Waals surface area contributed by atoms with Crippen molar-refractivity contribution in [2.45, 2.75) is 19.4 Å². The maximum Gasteiger partial charge on any atom is 0.282 e. The first-order valence-corrected chi connectivity index (χ1v) is 11.1. The number of carbonyl (C=O) groups is 1. The minimum atomic E-state index is -3.83. The summed E-state index contributed by atoms with van der Waals surface area (Å²) in [6.45, 7) is 0.653. The van der Waals surface area contributed by atoms with Crippen molar-refractivity contribution in [1.82, 2.24) is 13.9 Å². The maximum atomic E-state index is 13.9. The fourth-order valence-electron chi connectivity index (χ4n) is 3.17. The lowest BCUT2D eigenvalue weighted by atomic mass is 10.1. The Bertz CT molecular complexity index is 954. The molecule has 1 aliphatic rings. The molecule has 2 aromatic carbocycles. The Morgan fingerprint density at radius 2 is 1.76 bits per heavy atom. The van der Waals surface area contributed by atoms with Crippen LogP contribution in [0.4, 0.5) is 4.39 Å². The predicted octanol–water partition coefficient (Wildman–Crippen LogP) is 2.59. The van der Waals surface area contributed by atoms with Gasteiger partial charge in [-0.05, 0) is 36.6 Å². The van der Waals surface area contributed by atoms with Gasteiger partial charge in [0.1, 0.15) is 5.82 Å². The van der Waals surface area contributed by atoms with Gasteiger partial charge in [0.2, 0.25) is 5.91 Å². The Balaban J connectivity index is 1.54. The number of amides is 1. The van der Waals surface area contributed by atoms with Gasteiger partial charge in [0.15, 0.2) is 0 Å². The summed E-state index contributed by atoms with van der Waals surface area (Å²) in [5.74, 6) is -0.810. The third-order valence-corrected chi connectivity index (χ3v) is 6.92. The zero-order chi connectivity index (χ0) is 20.9. The number of hydrogen-bond donors (Lipinski definition) is 1. The molecule has 1 saturated heterocycles. The van der Waals surface area contributed by atoms with Gasteiger partial charge in [-0.3, -0.25) is 4.79 Å². The van der Waals surface area contributed by atoms with E-state index in [1.165, 1.54) is 10.4 Å². The van der Waals surface area contributed by atoms with Gasteiger partial charge in [-0.15, -0.1) is 0 Å². The molecule has 1 fully saturated rings. The van der Waals surface area contributed by atoms with E-state index in [0.717, 1.165) is 9.87 Å². The third-order valence-electron chi connectivity index (χ3n) is 4.74. The smallest absolute Gasteiger partial charge is 0.282 e. The fraction of sp³-hybridized carbons (Fsp3) is 0.350. The van der Waals surface area contributed by atoms with Gasteiger partial charge in [0.05, 0.1) is 6.54 Å². The van der Waals surface area contributed by atoms with Gasteiger partial charge in [-0.25, -0.2) is 4.39 Å². The normalized spacial score (nSPS) is 17.2. The monoisotopic (exact) mass is 439 g/mol. The van der Waals surface area contributed by atoms with E-state index in [0.29, 0.717) is 36.5 Å². The second kappa shape index (κ2) is 9.67. The summed E-state index contributed by atoms with van der Waals surface area (Å²) >= 11 is 5.85. The van der Waals surface area contributed by atoms with E-state index in [-0.39, 0.29) is 25.5 Å². The molecule has 1 amide bonds. The summed E-state index contributed by atoms with van der Waals surface area (Å²) < 4.78 is 41.9. The lowest BCUT2D eigenvalue weighted by Crippen LogP contribution is -2.52. The minimum absolute atomic E-state index is 0.0519. The Kier molecular flexibility index (Phi) is 7.23. The van der Waals surface area contributed by atoms with Gasteiger partial charge in [0, 0.05) is 36.8 Å². The van der Waals surface area contributed by atoms with E-state index in [9.17, 15) is 17.6 Å². The van der Waals surface area contributed by atoms with Crippen molar-refractivity contribution in [2.24, 2.45) is 0 Å². The highest BCUT2D eigenvalue weighted by Gasteiger charge is 2.34. The quantitative estimate of drug-likeness (QED) is 0.721. The highest BCUT2D eigenvalue weighted by molar-refractivity contribution is 7.86. The lowest BCUT2D eigenvalue weighted by Gasteiger charge is -2.34. The van der Waals surface area contributed by atoms with Crippen LogP contribution in [0.5, 0.6) is 0 Å². The van der Waals surface area contributed by atoms with Crippen LogP contribution in [-0.4, -0.2) is 49.1 Å². The molecule has 29 heavy (non-hydrogen) atoms. The van der Waals surface area contributed by atoms with Crippen LogP contribution in [0.25, 0.3) is 0 Å². The van der Waals surface area contributed by atoms with Crippen LogP contribution in [0, 0.1) is 5.82 Å². The Hall–Kier alpha value is -2.00. The van der Waals surface area contributed by atoms with Gasteiger partial charge in [-0.1, -0.05) is 41.9 Å². The molecule has 0 atom stereocenters. The van der Waals surface area contributed by atoms with E-state index >= 15 is 0 Å². The molecule has 3 rings (SSSR count). The van der Waals surface area contributed by atoms with Crippen molar-refractivity contribution >= 4 is 27.7 Å². The molecule has 0 bridgehead atoms. The maximum absolute atomic E-state index is 13.9. The molecule has 0 aliphatic carbocycles. The molecule has 0 unspecified atom stereocenters. The van der Waals surface area contributed by atoms with Crippen molar-refractivity contribution in [2.75, 3.05) is 26.2 Å². The van der Waals surface area contributed by atoms with Crippen LogP contribution < -0.4 is 5.32 Å². The first-order chi connectivity index (χ1) is 13.9. The van der Waals surface area contributed by atoms with E-state index in [1.807, 2.05) is 12.1 Å². The molecule has 1 heterocycles. The minimum Gasteiger partial charge on any atom is -0.355 e. The Labute approximate surface area is 175 Å². The molecular formula is C20H23ClFN3O3S. The largest absolute Gasteiger partial charge is 0.355 e. The van der Waals surface area contributed by atoms with Crippen LogP contribution in [0.3, 0.4) is 0 Å². The van der Waals surface area contributed by atoms with Crippen LogP contribution in [0.2, 0.25) is 5.02 Å². The number of nitrogens with zero attached hydrogens (tertiary/aromatic N) is 2. The molecule has 9 heteroatoms. The van der Waals surface area contributed by atoms with Crippen molar-refractivity contribution < 1.29 is 17.6 Å². The van der Waals surface area contributed by atoms with Crippen molar-refractivity contribution in [3.05, 3.63) is 70.5 Å². The van der Waals surface area contributed by atoms with Crippen LogP contribution in [0.15, 0.2) is 48.5 Å². The molecule has 6 nitrogen and oxygen atoms in total. The molecular weight excluding hydrogens is 417 g/mol. The predicted molar refractivity (Wildman–Crippen MR) is 110 cm³/mol. The van der Waals surface area contributed by atoms with E-state index in [2.05, 4.69) is 5.32 Å². The van der Waals surface area contributed by atoms with Crippen LogP contribution in [-0.2, 0) is 28.0 Å². The average Bonchev–Trinajstić information content (AvgIpc) is 2.68. The van der Waals surface area contributed by atoms with Gasteiger partial charge < -0.3 is 5.32 Å². The van der Waals surface area contributed by atoms with Crippen molar-refractivity contribution in [3.8, 4) is 0 Å². The lowest BCUT2D eigenvalue weighted by molar-refractivity contribution is -0.121. The molecule has 2 aromatic rings.